The molecule has 1 aromatic carbocycles. The molecule has 9 heteroatoms. The summed E-state index contributed by atoms with van der Waals surface area (Å²) in [5, 5.41) is 2.53. The molecule has 22 heavy (non-hydrogen) atoms. The SMILES string of the molecule is COc1ccc(C(C)(C)C)cc1N(C(=O)N=[N+]=[N-])C(F)(F)F. The van der Waals surface area contributed by atoms with Crippen LogP contribution in [0.3, 0.4) is 0 Å². The van der Waals surface area contributed by atoms with Crippen molar-refractivity contribution in [2.75, 3.05) is 12.0 Å². The number of methoxy groups -OCH3 is 1. The first kappa shape index (κ1) is 17.6. The van der Waals surface area contributed by atoms with Crippen molar-refractivity contribution >= 4 is 11.7 Å². The zero-order chi connectivity index (χ0) is 17.1. The molecule has 6 nitrogen and oxygen atoms in total. The van der Waals surface area contributed by atoms with E-state index >= 15 is 0 Å². The molecule has 0 aliphatic rings. The van der Waals surface area contributed by atoms with Gasteiger partial charge in [-0.1, -0.05) is 26.8 Å². The Morgan fingerprint density at radius 3 is 2.32 bits per heavy atom. The smallest absolute Gasteiger partial charge is 0.491 e. The molecule has 0 aliphatic carbocycles. The molecule has 0 saturated carbocycles. The number of benzene rings is 1. The van der Waals surface area contributed by atoms with Crippen molar-refractivity contribution < 1.29 is 22.7 Å². The van der Waals surface area contributed by atoms with E-state index in [1.807, 2.05) is 20.8 Å². The van der Waals surface area contributed by atoms with E-state index in [-0.39, 0.29) is 5.75 Å². The van der Waals surface area contributed by atoms with Crippen LogP contribution in [0.15, 0.2) is 23.3 Å². The van der Waals surface area contributed by atoms with Crippen molar-refractivity contribution in [2.24, 2.45) is 5.11 Å². The van der Waals surface area contributed by atoms with Gasteiger partial charge in [0.05, 0.1) is 12.8 Å². The second kappa shape index (κ2) is 6.15. The minimum atomic E-state index is -5.06. The Hall–Kier alpha value is -2.41. The highest BCUT2D eigenvalue weighted by Crippen LogP contribution is 2.39. The fourth-order valence-corrected chi connectivity index (χ4v) is 1.76. The van der Waals surface area contributed by atoms with Gasteiger partial charge < -0.3 is 4.74 Å². The van der Waals surface area contributed by atoms with Crippen LogP contribution in [-0.2, 0) is 5.41 Å². The van der Waals surface area contributed by atoms with Crippen LogP contribution >= 0.6 is 0 Å². The molecule has 1 rings (SSSR count). The number of amides is 2. The van der Waals surface area contributed by atoms with Gasteiger partial charge in [0, 0.05) is 10.0 Å². The molecule has 0 unspecified atom stereocenters. The third-order valence-corrected chi connectivity index (χ3v) is 2.86. The fraction of sp³-hybridized carbons (Fsp3) is 0.462. The fourth-order valence-electron chi connectivity index (χ4n) is 1.76. The maximum absolute atomic E-state index is 13.2. The molecule has 120 valence electrons. The van der Waals surface area contributed by atoms with Gasteiger partial charge >= 0.3 is 12.3 Å². The zero-order valence-corrected chi connectivity index (χ0v) is 12.5. The maximum Gasteiger partial charge on any atom is 0.491 e. The van der Waals surface area contributed by atoms with Crippen molar-refractivity contribution in [3.63, 3.8) is 0 Å². The van der Waals surface area contributed by atoms with E-state index in [1.54, 1.807) is 6.07 Å². The van der Waals surface area contributed by atoms with E-state index in [2.05, 4.69) is 10.0 Å². The Balaban J connectivity index is 3.58. The van der Waals surface area contributed by atoms with Crippen molar-refractivity contribution in [3.05, 3.63) is 34.2 Å². The zero-order valence-electron chi connectivity index (χ0n) is 12.5. The van der Waals surface area contributed by atoms with Gasteiger partial charge in [-0.3, -0.25) is 4.79 Å². The van der Waals surface area contributed by atoms with E-state index in [4.69, 9.17) is 10.3 Å². The van der Waals surface area contributed by atoms with Crippen molar-refractivity contribution in [3.8, 4) is 5.75 Å². The average molecular weight is 316 g/mol. The van der Waals surface area contributed by atoms with E-state index < -0.39 is 28.3 Å². The summed E-state index contributed by atoms with van der Waals surface area (Å²) >= 11 is 0. The lowest BCUT2D eigenvalue weighted by atomic mass is 9.86. The molecule has 0 bridgehead atoms. The molecule has 0 N–H and O–H groups in total. The van der Waals surface area contributed by atoms with Crippen LogP contribution in [0.5, 0.6) is 5.75 Å². The van der Waals surface area contributed by atoms with E-state index in [9.17, 15) is 18.0 Å². The van der Waals surface area contributed by atoms with Crippen LogP contribution in [0.4, 0.5) is 23.7 Å². The maximum atomic E-state index is 13.2. The van der Waals surface area contributed by atoms with Gasteiger partial charge in [0.2, 0.25) is 0 Å². The summed E-state index contributed by atoms with van der Waals surface area (Å²) in [6, 6.07) is 2.35. The molecule has 0 aliphatic heterocycles. The first-order valence-electron chi connectivity index (χ1n) is 6.17. The highest BCUT2D eigenvalue weighted by Gasteiger charge is 2.43. The summed E-state index contributed by atoms with van der Waals surface area (Å²) in [4.78, 5) is 13.1. The number of nitrogens with zero attached hydrogens (tertiary/aromatic N) is 4. The summed E-state index contributed by atoms with van der Waals surface area (Å²) in [5.41, 5.74) is 7.81. The lowest BCUT2D eigenvalue weighted by Gasteiger charge is -2.27. The van der Waals surface area contributed by atoms with Crippen LogP contribution in [0.2, 0.25) is 0 Å². The largest absolute Gasteiger partial charge is 0.495 e. The van der Waals surface area contributed by atoms with Gasteiger partial charge in [0.25, 0.3) is 0 Å². The summed E-state index contributed by atoms with van der Waals surface area (Å²) in [7, 11) is 1.18. The van der Waals surface area contributed by atoms with Crippen LogP contribution < -0.4 is 9.64 Å². The number of carbonyl (C=O) groups excluding carboxylic acids is 1. The number of carbonyl (C=O) groups is 1. The Bertz CT molecular complexity index is 617. The Morgan fingerprint density at radius 1 is 1.32 bits per heavy atom. The molecule has 0 saturated heterocycles. The number of hydrogen-bond donors (Lipinski definition) is 0. The van der Waals surface area contributed by atoms with Gasteiger partial charge in [0.15, 0.2) is 0 Å². The third-order valence-electron chi connectivity index (χ3n) is 2.86. The summed E-state index contributed by atoms with van der Waals surface area (Å²) in [5.74, 6) is -0.160. The number of anilines is 1. The number of alkyl halides is 3. The van der Waals surface area contributed by atoms with E-state index in [1.165, 1.54) is 19.2 Å². The number of rotatable bonds is 2. The van der Waals surface area contributed by atoms with Gasteiger partial charge in [-0.05, 0) is 28.6 Å². The van der Waals surface area contributed by atoms with Gasteiger partial charge in [-0.15, -0.1) is 13.2 Å². The Kier molecular flexibility index (Phi) is 4.93. The molecular weight excluding hydrogens is 301 g/mol. The quantitative estimate of drug-likeness (QED) is 0.341. The Morgan fingerprint density at radius 2 is 1.91 bits per heavy atom. The number of azide groups is 1. The average Bonchev–Trinajstić information content (AvgIpc) is 2.36. The third kappa shape index (κ3) is 3.82. The summed E-state index contributed by atoms with van der Waals surface area (Å²) in [6.07, 6.45) is -5.06. The van der Waals surface area contributed by atoms with Crippen LogP contribution in [0.1, 0.15) is 26.3 Å². The standard InChI is InChI=1S/C13H15F3N4O2/c1-12(2,3)8-5-6-10(22-4)9(7-8)20(13(14,15)16)11(21)18-19-17/h5-7H,1-4H3. The predicted octanol–water partition coefficient (Wildman–Crippen LogP) is 4.75. The van der Waals surface area contributed by atoms with Gasteiger partial charge in [-0.2, -0.15) is 0 Å². The summed E-state index contributed by atoms with van der Waals surface area (Å²) in [6.45, 7) is 5.43. The predicted molar refractivity (Wildman–Crippen MR) is 74.8 cm³/mol. The van der Waals surface area contributed by atoms with Crippen LogP contribution in [0.25, 0.3) is 10.4 Å². The second-order valence-corrected chi connectivity index (χ2v) is 5.41. The van der Waals surface area contributed by atoms with Crippen molar-refractivity contribution in [1.82, 2.24) is 0 Å². The molecule has 0 atom stereocenters. The van der Waals surface area contributed by atoms with Crippen LogP contribution in [0, 0.1) is 0 Å². The molecule has 1 aromatic rings. The molecule has 0 radical (unpaired) electrons. The van der Waals surface area contributed by atoms with Gasteiger partial charge in [-0.25, -0.2) is 4.90 Å². The monoisotopic (exact) mass is 316 g/mol. The normalized spacial score (nSPS) is 11.6. The number of ether oxygens (including phenoxy) is 1. The lowest BCUT2D eigenvalue weighted by molar-refractivity contribution is -0.121. The molecule has 0 fully saturated rings. The lowest BCUT2D eigenvalue weighted by Crippen LogP contribution is -2.41. The first-order chi connectivity index (χ1) is 10.0. The highest BCUT2D eigenvalue weighted by atomic mass is 19.4. The Labute approximate surface area is 125 Å². The van der Waals surface area contributed by atoms with E-state index in [0.717, 1.165) is 0 Å². The second-order valence-electron chi connectivity index (χ2n) is 5.41. The van der Waals surface area contributed by atoms with Gasteiger partial charge in [0.1, 0.15) is 5.75 Å². The highest BCUT2D eigenvalue weighted by molar-refractivity contribution is 5.95. The molecule has 0 heterocycles. The summed E-state index contributed by atoms with van der Waals surface area (Å²) < 4.78 is 44.5. The molecule has 2 amide bonds. The minimum absolute atomic E-state index is 0.160. The number of urea groups is 1. The topological polar surface area (TPSA) is 78.3 Å². The van der Waals surface area contributed by atoms with Crippen molar-refractivity contribution in [1.29, 1.82) is 0 Å². The minimum Gasteiger partial charge on any atom is -0.495 e. The molecule has 0 spiro atoms. The molecular formula is C13H15F3N4O2. The number of halogens is 3. The van der Waals surface area contributed by atoms with Crippen LogP contribution in [-0.4, -0.2) is 19.4 Å². The first-order valence-corrected chi connectivity index (χ1v) is 6.17. The number of hydrogen-bond acceptors (Lipinski definition) is 2. The molecule has 0 aromatic heterocycles. The van der Waals surface area contributed by atoms with Crippen molar-refractivity contribution in [2.45, 2.75) is 32.5 Å². The van der Waals surface area contributed by atoms with E-state index in [0.29, 0.717) is 5.56 Å².